The van der Waals surface area contributed by atoms with E-state index in [1.807, 2.05) is 0 Å². The molecule has 1 atom stereocenters. The number of aliphatic hydroxyl groups is 1. The van der Waals surface area contributed by atoms with Gasteiger partial charge in [0, 0.05) is 28.1 Å². The van der Waals surface area contributed by atoms with Crippen molar-refractivity contribution in [1.82, 2.24) is 0 Å². The van der Waals surface area contributed by atoms with Crippen LogP contribution < -0.4 is 4.90 Å². The van der Waals surface area contributed by atoms with Crippen LogP contribution in [0.5, 0.6) is 0 Å². The molecule has 1 aliphatic rings. The maximum atomic E-state index is 13.8. The molecular formula is C22H18ClFN2O3S. The number of amidine groups is 1. The van der Waals surface area contributed by atoms with Gasteiger partial charge in [-0.1, -0.05) is 23.7 Å². The Hall–Kier alpha value is -2.74. The molecule has 0 saturated heterocycles. The van der Waals surface area contributed by atoms with Crippen molar-refractivity contribution in [3.05, 3.63) is 94.8 Å². The summed E-state index contributed by atoms with van der Waals surface area (Å²) < 4.78 is 37.3. The standard InChI is InChI=1S/C22H18ClFN2O3S/c1-30(28,29)20-11-5-15(6-12-20)21-25-22(27,16-3-2-4-18(24)13-16)14-26(21)19-9-7-17(23)8-10-19/h2-13,27H,14H2,1H3. The van der Waals surface area contributed by atoms with E-state index in [-0.39, 0.29) is 11.4 Å². The van der Waals surface area contributed by atoms with Crippen LogP contribution in [0.25, 0.3) is 0 Å². The lowest BCUT2D eigenvalue weighted by atomic mass is 10.0. The fourth-order valence-corrected chi connectivity index (χ4v) is 4.12. The predicted molar refractivity (Wildman–Crippen MR) is 115 cm³/mol. The number of β-amino-alcohol motifs (C(OH)–C–C–N with tert-alkyl or cyclic N) is 1. The molecule has 0 amide bonds. The zero-order chi connectivity index (χ0) is 21.5. The third-order valence-electron chi connectivity index (χ3n) is 4.89. The summed E-state index contributed by atoms with van der Waals surface area (Å²) in [6.45, 7) is 0.0568. The molecule has 3 aromatic rings. The van der Waals surface area contributed by atoms with Gasteiger partial charge in [0.1, 0.15) is 11.7 Å². The number of benzene rings is 3. The number of halogens is 2. The second-order valence-electron chi connectivity index (χ2n) is 7.12. The Morgan fingerprint density at radius 2 is 1.73 bits per heavy atom. The van der Waals surface area contributed by atoms with Gasteiger partial charge >= 0.3 is 0 Å². The molecule has 8 heteroatoms. The quantitative estimate of drug-likeness (QED) is 0.660. The van der Waals surface area contributed by atoms with E-state index in [2.05, 4.69) is 4.99 Å². The smallest absolute Gasteiger partial charge is 0.202 e. The Morgan fingerprint density at radius 1 is 1.07 bits per heavy atom. The first-order chi connectivity index (χ1) is 14.2. The Labute approximate surface area is 179 Å². The van der Waals surface area contributed by atoms with Crippen molar-refractivity contribution in [1.29, 1.82) is 0 Å². The van der Waals surface area contributed by atoms with E-state index < -0.39 is 21.4 Å². The molecule has 0 aliphatic carbocycles. The number of sulfone groups is 1. The zero-order valence-electron chi connectivity index (χ0n) is 16.0. The van der Waals surface area contributed by atoms with Crippen molar-refractivity contribution < 1.29 is 17.9 Å². The van der Waals surface area contributed by atoms with E-state index >= 15 is 0 Å². The summed E-state index contributed by atoms with van der Waals surface area (Å²) in [7, 11) is -3.34. The number of anilines is 1. The van der Waals surface area contributed by atoms with Crippen molar-refractivity contribution in [2.45, 2.75) is 10.6 Å². The summed E-state index contributed by atoms with van der Waals surface area (Å²) in [5, 5.41) is 11.8. The van der Waals surface area contributed by atoms with Crippen molar-refractivity contribution in [2.24, 2.45) is 4.99 Å². The SMILES string of the molecule is CS(=O)(=O)c1ccc(C2=NC(O)(c3cccc(F)c3)CN2c2ccc(Cl)cc2)cc1. The highest BCUT2D eigenvalue weighted by atomic mass is 35.5. The molecule has 0 aromatic heterocycles. The Kier molecular flexibility index (Phi) is 5.13. The van der Waals surface area contributed by atoms with E-state index in [1.54, 1.807) is 47.4 Å². The number of hydrogen-bond acceptors (Lipinski definition) is 5. The highest BCUT2D eigenvalue weighted by Gasteiger charge is 2.40. The van der Waals surface area contributed by atoms with Crippen LogP contribution in [-0.4, -0.2) is 32.2 Å². The van der Waals surface area contributed by atoms with E-state index in [4.69, 9.17) is 11.6 Å². The van der Waals surface area contributed by atoms with Gasteiger partial charge in [-0.3, -0.25) is 0 Å². The van der Waals surface area contributed by atoms with Gasteiger partial charge in [0.05, 0.1) is 11.4 Å². The van der Waals surface area contributed by atoms with Crippen LogP contribution in [0.4, 0.5) is 10.1 Å². The first-order valence-electron chi connectivity index (χ1n) is 9.08. The van der Waals surface area contributed by atoms with Gasteiger partial charge < -0.3 is 10.0 Å². The Bertz CT molecular complexity index is 1230. The predicted octanol–water partition coefficient (Wildman–Crippen LogP) is 3.99. The van der Waals surface area contributed by atoms with Crippen molar-refractivity contribution in [3.8, 4) is 0 Å². The molecule has 1 aliphatic heterocycles. The van der Waals surface area contributed by atoms with Crippen molar-refractivity contribution in [2.75, 3.05) is 17.7 Å². The molecule has 0 bridgehead atoms. The lowest BCUT2D eigenvalue weighted by Crippen LogP contribution is -2.34. The number of hydrogen-bond donors (Lipinski definition) is 1. The van der Waals surface area contributed by atoms with Crippen LogP contribution in [0.1, 0.15) is 11.1 Å². The number of nitrogens with zero attached hydrogens (tertiary/aromatic N) is 2. The molecule has 1 unspecified atom stereocenters. The van der Waals surface area contributed by atoms with E-state index in [9.17, 15) is 17.9 Å². The molecular weight excluding hydrogens is 427 g/mol. The number of rotatable bonds is 4. The summed E-state index contributed by atoms with van der Waals surface area (Å²) in [6, 6.07) is 19.0. The van der Waals surface area contributed by atoms with Crippen LogP contribution in [0.2, 0.25) is 5.02 Å². The number of aliphatic imine (C=N–C) groups is 1. The molecule has 5 nitrogen and oxygen atoms in total. The Balaban J connectivity index is 1.82. The maximum Gasteiger partial charge on any atom is 0.202 e. The summed E-state index contributed by atoms with van der Waals surface area (Å²) in [6.07, 6.45) is 1.14. The highest BCUT2D eigenvalue weighted by molar-refractivity contribution is 7.90. The molecule has 0 radical (unpaired) electrons. The monoisotopic (exact) mass is 444 g/mol. The van der Waals surface area contributed by atoms with Crippen LogP contribution in [0.3, 0.4) is 0 Å². The molecule has 1 N–H and O–H groups in total. The summed E-state index contributed by atoms with van der Waals surface area (Å²) >= 11 is 6.00. The molecule has 3 aromatic carbocycles. The fourth-order valence-electron chi connectivity index (χ4n) is 3.37. The van der Waals surface area contributed by atoms with Gasteiger partial charge in [0.25, 0.3) is 0 Å². The van der Waals surface area contributed by atoms with Crippen LogP contribution >= 0.6 is 11.6 Å². The van der Waals surface area contributed by atoms with Crippen molar-refractivity contribution >= 4 is 33.0 Å². The molecule has 0 saturated carbocycles. The van der Waals surface area contributed by atoms with Crippen molar-refractivity contribution in [3.63, 3.8) is 0 Å². The van der Waals surface area contributed by atoms with Gasteiger partial charge in [0.2, 0.25) is 5.72 Å². The lowest BCUT2D eigenvalue weighted by molar-refractivity contribution is 0.0644. The van der Waals surface area contributed by atoms with Crippen LogP contribution in [-0.2, 0) is 15.6 Å². The van der Waals surface area contributed by atoms with Gasteiger partial charge in [-0.15, -0.1) is 0 Å². The average molecular weight is 445 g/mol. The first-order valence-corrected chi connectivity index (χ1v) is 11.3. The molecule has 1 heterocycles. The molecule has 0 fully saturated rings. The minimum Gasteiger partial charge on any atom is -0.364 e. The Morgan fingerprint density at radius 3 is 2.33 bits per heavy atom. The third-order valence-corrected chi connectivity index (χ3v) is 6.27. The second kappa shape index (κ2) is 7.50. The summed E-state index contributed by atoms with van der Waals surface area (Å²) in [4.78, 5) is 6.49. The van der Waals surface area contributed by atoms with E-state index in [0.717, 1.165) is 11.9 Å². The zero-order valence-corrected chi connectivity index (χ0v) is 17.5. The van der Waals surface area contributed by atoms with Gasteiger partial charge in [0.15, 0.2) is 9.84 Å². The lowest BCUT2D eigenvalue weighted by Gasteiger charge is -2.24. The summed E-state index contributed by atoms with van der Waals surface area (Å²) in [5.74, 6) is -0.0377. The van der Waals surface area contributed by atoms with E-state index in [1.165, 1.54) is 30.3 Å². The minimum atomic E-state index is -3.34. The molecule has 4 rings (SSSR count). The highest BCUT2D eigenvalue weighted by Crippen LogP contribution is 2.35. The topological polar surface area (TPSA) is 70.0 Å². The van der Waals surface area contributed by atoms with Crippen LogP contribution in [0.15, 0.2) is 82.7 Å². The maximum absolute atomic E-state index is 13.8. The largest absolute Gasteiger partial charge is 0.364 e. The summed E-state index contributed by atoms with van der Waals surface area (Å²) in [5.41, 5.74) is -0.00129. The molecule has 0 spiro atoms. The van der Waals surface area contributed by atoms with Gasteiger partial charge in [-0.2, -0.15) is 0 Å². The minimum absolute atomic E-state index is 0.0568. The average Bonchev–Trinajstić information content (AvgIpc) is 3.07. The van der Waals surface area contributed by atoms with Gasteiger partial charge in [-0.05, 0) is 60.7 Å². The first kappa shape index (κ1) is 20.5. The second-order valence-corrected chi connectivity index (χ2v) is 9.57. The van der Waals surface area contributed by atoms with Crippen LogP contribution in [0, 0.1) is 5.82 Å². The van der Waals surface area contributed by atoms with E-state index in [0.29, 0.717) is 22.0 Å². The third kappa shape index (κ3) is 3.96. The normalized spacial score (nSPS) is 19.1. The molecule has 30 heavy (non-hydrogen) atoms. The van der Waals surface area contributed by atoms with Gasteiger partial charge in [-0.25, -0.2) is 17.8 Å². The fraction of sp³-hybridized carbons (Fsp3) is 0.136. The molecule has 154 valence electrons.